The van der Waals surface area contributed by atoms with Crippen LogP contribution in [-0.2, 0) is 21.7 Å². The van der Waals surface area contributed by atoms with Gasteiger partial charge in [0.05, 0.1) is 20.8 Å². The van der Waals surface area contributed by atoms with Crippen LogP contribution >= 0.6 is 0 Å². The molecule has 0 bridgehead atoms. The molecule has 1 unspecified atom stereocenters. The molecular formula is C22H26N4O5. The van der Waals surface area contributed by atoms with Gasteiger partial charge in [-0.15, -0.1) is 0 Å². The van der Waals surface area contributed by atoms with Crippen LogP contribution in [0, 0.1) is 0 Å². The Morgan fingerprint density at radius 3 is 2.42 bits per heavy atom. The molecule has 1 atom stereocenters. The first-order valence-corrected chi connectivity index (χ1v) is 9.69. The Bertz CT molecular complexity index is 978. The first-order valence-electron chi connectivity index (χ1n) is 9.69. The van der Waals surface area contributed by atoms with E-state index in [-0.39, 0.29) is 6.54 Å². The summed E-state index contributed by atoms with van der Waals surface area (Å²) in [6.07, 6.45) is 0. The molecule has 2 N–H and O–H groups in total. The highest BCUT2D eigenvalue weighted by Gasteiger charge is 2.50. The van der Waals surface area contributed by atoms with Crippen LogP contribution in [0.25, 0.3) is 0 Å². The highest BCUT2D eigenvalue weighted by atomic mass is 16.5. The average molecular weight is 426 g/mol. The second kappa shape index (κ2) is 9.05. The fraction of sp³-hybridized carbons (Fsp3) is 0.318. The number of benzene rings is 2. The van der Waals surface area contributed by atoms with Gasteiger partial charge in [-0.1, -0.05) is 24.3 Å². The second-order valence-electron chi connectivity index (χ2n) is 7.48. The van der Waals surface area contributed by atoms with Gasteiger partial charge in [0.25, 0.3) is 11.8 Å². The molecule has 3 rings (SSSR count). The van der Waals surface area contributed by atoms with Gasteiger partial charge in [-0.2, -0.15) is 5.01 Å². The molecule has 4 amide bonds. The number of carbonyl (C=O) groups excluding carboxylic acids is 3. The molecule has 164 valence electrons. The Morgan fingerprint density at radius 1 is 1.10 bits per heavy atom. The topological polar surface area (TPSA) is 100 Å². The van der Waals surface area contributed by atoms with E-state index >= 15 is 0 Å². The smallest absolute Gasteiger partial charge is 0.344 e. The van der Waals surface area contributed by atoms with Gasteiger partial charge in [-0.05, 0) is 49.4 Å². The lowest BCUT2D eigenvalue weighted by Gasteiger charge is -2.23. The molecule has 0 radical (unpaired) electrons. The van der Waals surface area contributed by atoms with E-state index in [9.17, 15) is 14.4 Å². The number of hydrogen-bond acceptors (Lipinski definition) is 6. The summed E-state index contributed by atoms with van der Waals surface area (Å²) in [6.45, 7) is 2.08. The van der Waals surface area contributed by atoms with E-state index in [0.717, 1.165) is 16.3 Å². The van der Waals surface area contributed by atoms with E-state index < -0.39 is 23.4 Å². The van der Waals surface area contributed by atoms with Crippen molar-refractivity contribution in [3.8, 4) is 11.5 Å². The molecule has 0 aliphatic carbocycles. The van der Waals surface area contributed by atoms with Gasteiger partial charge in [-0.25, -0.2) is 4.79 Å². The molecule has 2 aromatic carbocycles. The lowest BCUT2D eigenvalue weighted by molar-refractivity contribution is -0.139. The number of rotatable bonds is 8. The Balaban J connectivity index is 1.62. The van der Waals surface area contributed by atoms with E-state index in [1.165, 1.54) is 0 Å². The van der Waals surface area contributed by atoms with Crippen LogP contribution in [0.1, 0.15) is 18.1 Å². The zero-order valence-corrected chi connectivity index (χ0v) is 18.0. The number of likely N-dealkylation sites (N-methyl/N-ethyl adjacent to an activating group) is 1. The Labute approximate surface area is 180 Å². The SMILES string of the molecule is COc1ccc(C2(C)NC(=O)N(NC(=O)CN(C)Cc3cccc(OC)c3)C2=O)cc1. The first-order chi connectivity index (χ1) is 14.8. The quantitative estimate of drug-likeness (QED) is 0.623. The lowest BCUT2D eigenvalue weighted by atomic mass is 9.92. The summed E-state index contributed by atoms with van der Waals surface area (Å²) in [5.74, 6) is 0.320. The number of nitrogens with zero attached hydrogens (tertiary/aromatic N) is 2. The second-order valence-corrected chi connectivity index (χ2v) is 7.48. The normalized spacial score (nSPS) is 18.2. The number of nitrogens with one attached hydrogen (secondary N) is 2. The Hall–Kier alpha value is -3.59. The molecule has 1 aliphatic rings. The maximum atomic E-state index is 12.9. The van der Waals surface area contributed by atoms with Crippen LogP contribution < -0.4 is 20.2 Å². The van der Waals surface area contributed by atoms with E-state index in [2.05, 4.69) is 10.7 Å². The van der Waals surface area contributed by atoms with E-state index in [1.807, 2.05) is 24.3 Å². The van der Waals surface area contributed by atoms with Crippen molar-refractivity contribution in [1.29, 1.82) is 0 Å². The third-order valence-corrected chi connectivity index (χ3v) is 5.09. The fourth-order valence-electron chi connectivity index (χ4n) is 3.40. The van der Waals surface area contributed by atoms with Crippen molar-refractivity contribution in [3.05, 3.63) is 59.7 Å². The minimum absolute atomic E-state index is 0.00643. The van der Waals surface area contributed by atoms with Crippen molar-refractivity contribution < 1.29 is 23.9 Å². The summed E-state index contributed by atoms with van der Waals surface area (Å²) in [5.41, 5.74) is 2.67. The van der Waals surface area contributed by atoms with Crippen LogP contribution in [0.4, 0.5) is 4.79 Å². The maximum absolute atomic E-state index is 12.9. The van der Waals surface area contributed by atoms with Crippen LogP contribution in [0.15, 0.2) is 48.5 Å². The first kappa shape index (κ1) is 22.1. The summed E-state index contributed by atoms with van der Waals surface area (Å²) in [5, 5.41) is 3.38. The van der Waals surface area contributed by atoms with Gasteiger partial charge in [-0.3, -0.25) is 19.9 Å². The monoisotopic (exact) mass is 426 g/mol. The zero-order chi connectivity index (χ0) is 22.6. The van der Waals surface area contributed by atoms with Crippen LogP contribution in [-0.4, -0.2) is 55.6 Å². The van der Waals surface area contributed by atoms with E-state index in [4.69, 9.17) is 9.47 Å². The Kier molecular flexibility index (Phi) is 6.45. The highest BCUT2D eigenvalue weighted by molar-refractivity contribution is 6.08. The summed E-state index contributed by atoms with van der Waals surface area (Å²) in [4.78, 5) is 39.6. The van der Waals surface area contributed by atoms with E-state index in [0.29, 0.717) is 17.9 Å². The Morgan fingerprint density at radius 2 is 1.77 bits per heavy atom. The summed E-state index contributed by atoms with van der Waals surface area (Å²) in [7, 11) is 4.91. The van der Waals surface area contributed by atoms with Crippen molar-refractivity contribution in [3.63, 3.8) is 0 Å². The molecule has 9 heteroatoms. The van der Waals surface area contributed by atoms with Crippen molar-refractivity contribution in [2.75, 3.05) is 27.8 Å². The van der Waals surface area contributed by atoms with Crippen molar-refractivity contribution >= 4 is 17.8 Å². The molecule has 1 heterocycles. The number of hydrazine groups is 1. The molecule has 1 saturated heterocycles. The predicted octanol–water partition coefficient (Wildman–Crippen LogP) is 1.63. The molecular weight excluding hydrogens is 400 g/mol. The summed E-state index contributed by atoms with van der Waals surface area (Å²) in [6, 6.07) is 13.6. The molecule has 0 spiro atoms. The van der Waals surface area contributed by atoms with Gasteiger partial charge in [0.15, 0.2) is 0 Å². The van der Waals surface area contributed by atoms with Gasteiger partial charge in [0.2, 0.25) is 0 Å². The number of imide groups is 1. The molecule has 2 aromatic rings. The number of hydrogen-bond donors (Lipinski definition) is 2. The highest BCUT2D eigenvalue weighted by Crippen LogP contribution is 2.29. The molecule has 1 fully saturated rings. The standard InChI is InChI=1S/C22H26N4O5/c1-22(16-8-10-17(30-3)11-9-16)20(28)26(21(29)23-22)24-19(27)14-25(2)13-15-6-5-7-18(12-15)31-4/h5-12H,13-14H2,1-4H3,(H,23,29)(H,24,27). The summed E-state index contributed by atoms with van der Waals surface area (Å²) < 4.78 is 10.3. The predicted molar refractivity (Wildman–Crippen MR) is 113 cm³/mol. The third-order valence-electron chi connectivity index (χ3n) is 5.09. The average Bonchev–Trinajstić information content (AvgIpc) is 2.97. The fourth-order valence-corrected chi connectivity index (χ4v) is 3.40. The minimum Gasteiger partial charge on any atom is -0.497 e. The number of methoxy groups -OCH3 is 2. The van der Waals surface area contributed by atoms with Gasteiger partial charge < -0.3 is 14.8 Å². The molecule has 1 aliphatic heterocycles. The van der Waals surface area contributed by atoms with Crippen molar-refractivity contribution in [2.45, 2.75) is 19.0 Å². The van der Waals surface area contributed by atoms with Crippen LogP contribution in [0.3, 0.4) is 0 Å². The van der Waals surface area contributed by atoms with E-state index in [1.54, 1.807) is 57.4 Å². The number of ether oxygens (including phenoxy) is 2. The van der Waals surface area contributed by atoms with Crippen molar-refractivity contribution in [1.82, 2.24) is 20.7 Å². The third kappa shape index (κ3) is 4.77. The molecule has 0 saturated carbocycles. The lowest BCUT2D eigenvalue weighted by Crippen LogP contribution is -2.50. The zero-order valence-electron chi connectivity index (χ0n) is 18.0. The number of urea groups is 1. The molecule has 0 aromatic heterocycles. The van der Waals surface area contributed by atoms with Gasteiger partial charge in [0, 0.05) is 6.54 Å². The number of carbonyl (C=O) groups is 3. The number of amides is 4. The van der Waals surface area contributed by atoms with Crippen LogP contribution in [0.2, 0.25) is 0 Å². The van der Waals surface area contributed by atoms with Crippen molar-refractivity contribution in [2.24, 2.45) is 0 Å². The maximum Gasteiger partial charge on any atom is 0.344 e. The van der Waals surface area contributed by atoms with Crippen LogP contribution in [0.5, 0.6) is 11.5 Å². The van der Waals surface area contributed by atoms with Gasteiger partial charge >= 0.3 is 6.03 Å². The minimum atomic E-state index is -1.29. The summed E-state index contributed by atoms with van der Waals surface area (Å²) >= 11 is 0. The molecule has 31 heavy (non-hydrogen) atoms. The largest absolute Gasteiger partial charge is 0.497 e. The van der Waals surface area contributed by atoms with Gasteiger partial charge in [0.1, 0.15) is 17.0 Å². The molecule has 9 nitrogen and oxygen atoms in total.